The van der Waals surface area contributed by atoms with Gasteiger partial charge in [-0.1, -0.05) is 48.0 Å². The largest absolute Gasteiger partial charge is 0.316 e. The van der Waals surface area contributed by atoms with Gasteiger partial charge in [0.15, 0.2) is 0 Å². The fourth-order valence-corrected chi connectivity index (χ4v) is 2.02. The van der Waals surface area contributed by atoms with Crippen LogP contribution in [-0.2, 0) is 13.0 Å². The summed E-state index contributed by atoms with van der Waals surface area (Å²) in [7, 11) is 1.96. The van der Waals surface area contributed by atoms with Crippen LogP contribution in [0.1, 0.15) is 16.7 Å². The van der Waals surface area contributed by atoms with Gasteiger partial charge in [-0.25, -0.2) is 0 Å². The van der Waals surface area contributed by atoms with Crippen LogP contribution in [0.5, 0.6) is 0 Å². The number of rotatable bonds is 4. The standard InChI is InChI=1S/C15H16ClN/c1-17-11-14-4-2-3-13(10-14)9-12-5-7-15(16)8-6-12/h2-8,10,17H,9,11H2,1H3. The molecule has 0 atom stereocenters. The minimum Gasteiger partial charge on any atom is -0.316 e. The molecule has 0 spiro atoms. The Morgan fingerprint density at radius 2 is 1.65 bits per heavy atom. The second-order valence-electron chi connectivity index (χ2n) is 4.15. The summed E-state index contributed by atoms with van der Waals surface area (Å²) in [5, 5.41) is 3.95. The minimum atomic E-state index is 0.790. The first-order chi connectivity index (χ1) is 8.28. The van der Waals surface area contributed by atoms with E-state index in [-0.39, 0.29) is 0 Å². The summed E-state index contributed by atoms with van der Waals surface area (Å²) in [6.07, 6.45) is 0.953. The third kappa shape index (κ3) is 3.58. The van der Waals surface area contributed by atoms with Gasteiger partial charge in [-0.3, -0.25) is 0 Å². The average molecular weight is 246 g/mol. The molecule has 0 radical (unpaired) electrons. The number of nitrogens with one attached hydrogen (secondary N) is 1. The van der Waals surface area contributed by atoms with Gasteiger partial charge in [-0.05, 0) is 42.3 Å². The van der Waals surface area contributed by atoms with Crippen molar-refractivity contribution < 1.29 is 0 Å². The van der Waals surface area contributed by atoms with Gasteiger partial charge in [0.25, 0.3) is 0 Å². The molecule has 0 amide bonds. The smallest absolute Gasteiger partial charge is 0.0406 e. The molecule has 0 aliphatic rings. The number of benzene rings is 2. The second-order valence-corrected chi connectivity index (χ2v) is 4.59. The van der Waals surface area contributed by atoms with Crippen molar-refractivity contribution in [3.05, 3.63) is 70.2 Å². The predicted molar refractivity (Wildman–Crippen MR) is 73.5 cm³/mol. The molecule has 2 aromatic carbocycles. The van der Waals surface area contributed by atoms with Gasteiger partial charge in [0, 0.05) is 11.6 Å². The van der Waals surface area contributed by atoms with Crippen molar-refractivity contribution in [2.45, 2.75) is 13.0 Å². The summed E-state index contributed by atoms with van der Waals surface area (Å²) < 4.78 is 0. The van der Waals surface area contributed by atoms with Gasteiger partial charge in [0.1, 0.15) is 0 Å². The molecule has 0 saturated carbocycles. The Hall–Kier alpha value is -1.31. The van der Waals surface area contributed by atoms with Gasteiger partial charge in [-0.15, -0.1) is 0 Å². The lowest BCUT2D eigenvalue weighted by Crippen LogP contribution is -2.05. The highest BCUT2D eigenvalue weighted by molar-refractivity contribution is 6.30. The van der Waals surface area contributed by atoms with E-state index in [4.69, 9.17) is 11.6 Å². The third-order valence-corrected chi connectivity index (χ3v) is 2.95. The maximum absolute atomic E-state index is 5.87. The summed E-state index contributed by atoms with van der Waals surface area (Å²) in [6, 6.07) is 16.7. The summed E-state index contributed by atoms with van der Waals surface area (Å²) >= 11 is 5.87. The molecule has 0 aromatic heterocycles. The molecular formula is C15H16ClN. The fraction of sp³-hybridized carbons (Fsp3) is 0.200. The lowest BCUT2D eigenvalue weighted by atomic mass is 10.0. The highest BCUT2D eigenvalue weighted by atomic mass is 35.5. The maximum Gasteiger partial charge on any atom is 0.0406 e. The Bertz CT molecular complexity index is 477. The normalized spacial score (nSPS) is 10.5. The van der Waals surface area contributed by atoms with Crippen molar-refractivity contribution in [1.29, 1.82) is 0 Å². The SMILES string of the molecule is CNCc1cccc(Cc2ccc(Cl)cc2)c1. The van der Waals surface area contributed by atoms with Gasteiger partial charge in [0.05, 0.1) is 0 Å². The zero-order chi connectivity index (χ0) is 12.1. The van der Waals surface area contributed by atoms with Crippen molar-refractivity contribution in [1.82, 2.24) is 5.32 Å². The molecule has 88 valence electrons. The topological polar surface area (TPSA) is 12.0 Å². The van der Waals surface area contributed by atoms with Gasteiger partial charge in [-0.2, -0.15) is 0 Å². The zero-order valence-electron chi connectivity index (χ0n) is 9.91. The monoisotopic (exact) mass is 245 g/mol. The van der Waals surface area contributed by atoms with Crippen LogP contribution in [0, 0.1) is 0 Å². The Kier molecular flexibility index (Phi) is 4.18. The number of hydrogen-bond acceptors (Lipinski definition) is 1. The number of halogens is 1. The summed E-state index contributed by atoms with van der Waals surface area (Å²) in [4.78, 5) is 0. The first-order valence-electron chi connectivity index (χ1n) is 5.75. The van der Waals surface area contributed by atoms with E-state index in [0.29, 0.717) is 0 Å². The van der Waals surface area contributed by atoms with Crippen LogP contribution >= 0.6 is 11.6 Å². The lowest BCUT2D eigenvalue weighted by Gasteiger charge is -2.05. The third-order valence-electron chi connectivity index (χ3n) is 2.69. The zero-order valence-corrected chi connectivity index (χ0v) is 10.7. The molecule has 1 N–H and O–H groups in total. The van der Waals surface area contributed by atoms with Crippen LogP contribution in [0.25, 0.3) is 0 Å². The van der Waals surface area contributed by atoms with E-state index in [1.165, 1.54) is 16.7 Å². The molecule has 17 heavy (non-hydrogen) atoms. The van der Waals surface area contributed by atoms with Crippen LogP contribution in [-0.4, -0.2) is 7.05 Å². The summed E-state index contributed by atoms with van der Waals surface area (Å²) in [5.41, 5.74) is 3.94. The van der Waals surface area contributed by atoms with Crippen LogP contribution < -0.4 is 5.32 Å². The van der Waals surface area contributed by atoms with Crippen molar-refractivity contribution in [2.75, 3.05) is 7.05 Å². The lowest BCUT2D eigenvalue weighted by molar-refractivity contribution is 0.816. The molecular weight excluding hydrogens is 230 g/mol. The van der Waals surface area contributed by atoms with Crippen molar-refractivity contribution in [3.63, 3.8) is 0 Å². The Morgan fingerprint density at radius 3 is 2.35 bits per heavy atom. The molecule has 2 rings (SSSR count). The first kappa shape index (κ1) is 12.2. The van der Waals surface area contributed by atoms with E-state index >= 15 is 0 Å². The Labute approximate surface area is 107 Å². The molecule has 1 nitrogen and oxygen atoms in total. The van der Waals surface area contributed by atoms with Crippen LogP contribution in [0.4, 0.5) is 0 Å². The van der Waals surface area contributed by atoms with E-state index in [9.17, 15) is 0 Å². The second kappa shape index (κ2) is 5.85. The predicted octanol–water partition coefficient (Wildman–Crippen LogP) is 3.65. The molecule has 0 bridgehead atoms. The molecule has 2 aromatic rings. The quantitative estimate of drug-likeness (QED) is 0.867. The van der Waals surface area contributed by atoms with Crippen LogP contribution in [0.15, 0.2) is 48.5 Å². The van der Waals surface area contributed by atoms with Crippen molar-refractivity contribution in [2.24, 2.45) is 0 Å². The van der Waals surface area contributed by atoms with Crippen LogP contribution in [0.2, 0.25) is 5.02 Å². The highest BCUT2D eigenvalue weighted by Crippen LogP contribution is 2.14. The van der Waals surface area contributed by atoms with E-state index in [0.717, 1.165) is 18.0 Å². The summed E-state index contributed by atoms with van der Waals surface area (Å²) in [6.45, 7) is 0.911. The van der Waals surface area contributed by atoms with E-state index in [1.807, 2.05) is 19.2 Å². The first-order valence-corrected chi connectivity index (χ1v) is 6.12. The van der Waals surface area contributed by atoms with Crippen LogP contribution in [0.3, 0.4) is 0 Å². The molecule has 0 aliphatic heterocycles. The van der Waals surface area contributed by atoms with Gasteiger partial charge in [0.2, 0.25) is 0 Å². The Balaban J connectivity index is 2.12. The van der Waals surface area contributed by atoms with Gasteiger partial charge < -0.3 is 5.32 Å². The molecule has 0 saturated heterocycles. The highest BCUT2D eigenvalue weighted by Gasteiger charge is 1.98. The Morgan fingerprint density at radius 1 is 0.941 bits per heavy atom. The average Bonchev–Trinajstić information content (AvgIpc) is 2.33. The van der Waals surface area contributed by atoms with E-state index < -0.39 is 0 Å². The maximum atomic E-state index is 5.87. The molecule has 0 unspecified atom stereocenters. The van der Waals surface area contributed by atoms with E-state index in [2.05, 4.69) is 41.7 Å². The van der Waals surface area contributed by atoms with E-state index in [1.54, 1.807) is 0 Å². The summed E-state index contributed by atoms with van der Waals surface area (Å²) in [5.74, 6) is 0. The van der Waals surface area contributed by atoms with Crippen molar-refractivity contribution in [3.8, 4) is 0 Å². The molecule has 2 heteroatoms. The molecule has 0 heterocycles. The van der Waals surface area contributed by atoms with Crippen molar-refractivity contribution >= 4 is 11.6 Å². The molecule has 0 fully saturated rings. The fourth-order valence-electron chi connectivity index (χ4n) is 1.89. The van der Waals surface area contributed by atoms with Gasteiger partial charge >= 0.3 is 0 Å². The number of hydrogen-bond donors (Lipinski definition) is 1. The molecule has 0 aliphatic carbocycles. The minimum absolute atomic E-state index is 0.790.